The van der Waals surface area contributed by atoms with E-state index in [1.807, 2.05) is 13.0 Å². The largest absolute Gasteiger partial charge is 0.313 e. The molecule has 21 heavy (non-hydrogen) atoms. The fourth-order valence-electron chi connectivity index (χ4n) is 1.75. The summed E-state index contributed by atoms with van der Waals surface area (Å²) in [5, 5.41) is 3.17. The van der Waals surface area contributed by atoms with Gasteiger partial charge in [-0.3, -0.25) is 4.72 Å². The van der Waals surface area contributed by atoms with Crippen LogP contribution in [0.15, 0.2) is 52.0 Å². The van der Waals surface area contributed by atoms with Crippen molar-refractivity contribution in [2.24, 2.45) is 0 Å². The molecule has 112 valence electrons. The minimum Gasteiger partial charge on any atom is -0.313 e. The quantitative estimate of drug-likeness (QED) is 0.820. The van der Waals surface area contributed by atoms with Gasteiger partial charge in [-0.25, -0.2) is 13.4 Å². The van der Waals surface area contributed by atoms with Crippen molar-refractivity contribution in [2.45, 2.75) is 18.4 Å². The molecule has 2 aromatic rings. The predicted octanol–water partition coefficient (Wildman–Crippen LogP) is 2.75. The summed E-state index contributed by atoms with van der Waals surface area (Å²) in [5.74, 6) is 0.293. The Labute approximate surface area is 133 Å². The Morgan fingerprint density at radius 3 is 2.71 bits per heavy atom. The van der Waals surface area contributed by atoms with E-state index >= 15 is 0 Å². The van der Waals surface area contributed by atoms with Gasteiger partial charge >= 0.3 is 0 Å². The molecule has 2 rings (SSSR count). The third kappa shape index (κ3) is 4.26. The van der Waals surface area contributed by atoms with Gasteiger partial charge in [-0.05, 0) is 52.3 Å². The highest BCUT2D eigenvalue weighted by Gasteiger charge is 2.18. The average Bonchev–Trinajstić information content (AvgIpc) is 2.47. The van der Waals surface area contributed by atoms with E-state index in [2.05, 4.69) is 31.0 Å². The first-order valence-corrected chi connectivity index (χ1v) is 8.73. The summed E-state index contributed by atoms with van der Waals surface area (Å²) < 4.78 is 27.9. The van der Waals surface area contributed by atoms with E-state index in [1.165, 1.54) is 6.20 Å². The average molecular weight is 370 g/mol. The van der Waals surface area contributed by atoms with E-state index in [-0.39, 0.29) is 4.90 Å². The maximum Gasteiger partial charge on any atom is 0.264 e. The molecule has 0 atom stereocenters. The number of benzene rings is 1. The highest BCUT2D eigenvalue weighted by atomic mass is 79.9. The minimum atomic E-state index is -3.68. The van der Waals surface area contributed by atoms with Gasteiger partial charge in [0.25, 0.3) is 10.0 Å². The van der Waals surface area contributed by atoms with Crippen LogP contribution in [0.2, 0.25) is 0 Å². The topological polar surface area (TPSA) is 71.1 Å². The van der Waals surface area contributed by atoms with Gasteiger partial charge in [-0.2, -0.15) is 0 Å². The monoisotopic (exact) mass is 369 g/mol. The standard InChI is InChI=1S/C14H16BrN3O2S/c1-2-16-10-11-6-7-12(15)13(9-11)21(19,20)18-14-5-3-4-8-17-14/h3-9,16H,2,10H2,1H3,(H,17,18). The number of sulfonamides is 1. The molecule has 7 heteroatoms. The molecule has 0 aliphatic heterocycles. The first kappa shape index (κ1) is 15.9. The van der Waals surface area contributed by atoms with Gasteiger partial charge in [0.2, 0.25) is 0 Å². The molecule has 0 saturated carbocycles. The van der Waals surface area contributed by atoms with Crippen LogP contribution >= 0.6 is 15.9 Å². The van der Waals surface area contributed by atoms with Crippen LogP contribution in [-0.4, -0.2) is 19.9 Å². The van der Waals surface area contributed by atoms with Gasteiger partial charge in [-0.15, -0.1) is 0 Å². The Bertz CT molecular complexity index is 705. The SMILES string of the molecule is CCNCc1ccc(Br)c(S(=O)(=O)Nc2ccccn2)c1. The first-order chi connectivity index (χ1) is 10.0. The first-order valence-electron chi connectivity index (χ1n) is 6.46. The third-order valence-corrected chi connectivity index (χ3v) is 5.12. The highest BCUT2D eigenvalue weighted by Crippen LogP contribution is 2.25. The van der Waals surface area contributed by atoms with Crippen LogP contribution in [-0.2, 0) is 16.6 Å². The maximum absolute atomic E-state index is 12.4. The summed E-state index contributed by atoms with van der Waals surface area (Å²) in [4.78, 5) is 4.17. The van der Waals surface area contributed by atoms with Crippen molar-refractivity contribution in [3.8, 4) is 0 Å². The maximum atomic E-state index is 12.4. The molecule has 2 N–H and O–H groups in total. The van der Waals surface area contributed by atoms with Crippen molar-refractivity contribution in [3.63, 3.8) is 0 Å². The minimum absolute atomic E-state index is 0.198. The fraction of sp³-hybridized carbons (Fsp3) is 0.214. The van der Waals surface area contributed by atoms with Gasteiger partial charge in [-0.1, -0.05) is 19.1 Å². The number of aromatic nitrogens is 1. The molecule has 0 amide bonds. The number of anilines is 1. The van der Waals surface area contributed by atoms with Crippen molar-refractivity contribution in [1.82, 2.24) is 10.3 Å². The summed E-state index contributed by atoms with van der Waals surface area (Å²) in [6, 6.07) is 10.3. The van der Waals surface area contributed by atoms with Crippen molar-refractivity contribution in [1.29, 1.82) is 0 Å². The van der Waals surface area contributed by atoms with Crippen LogP contribution in [0.5, 0.6) is 0 Å². The zero-order valence-corrected chi connectivity index (χ0v) is 13.9. The lowest BCUT2D eigenvalue weighted by molar-refractivity contribution is 0.600. The van der Waals surface area contributed by atoms with Crippen LogP contribution in [0.4, 0.5) is 5.82 Å². The molecular weight excluding hydrogens is 354 g/mol. The van der Waals surface area contributed by atoms with Crippen molar-refractivity contribution < 1.29 is 8.42 Å². The second-order valence-corrected chi connectivity index (χ2v) is 6.87. The van der Waals surface area contributed by atoms with E-state index in [4.69, 9.17) is 0 Å². The molecule has 0 spiro atoms. The van der Waals surface area contributed by atoms with Crippen molar-refractivity contribution >= 4 is 31.8 Å². The number of nitrogens with one attached hydrogen (secondary N) is 2. The van der Waals surface area contributed by atoms with E-state index in [0.29, 0.717) is 16.8 Å². The molecule has 0 saturated heterocycles. The Balaban J connectivity index is 2.30. The molecule has 1 aromatic carbocycles. The highest BCUT2D eigenvalue weighted by molar-refractivity contribution is 9.10. The normalized spacial score (nSPS) is 11.3. The molecule has 0 aliphatic rings. The molecule has 0 bridgehead atoms. The Morgan fingerprint density at radius 1 is 1.24 bits per heavy atom. The summed E-state index contributed by atoms with van der Waals surface area (Å²) in [7, 11) is -3.68. The predicted molar refractivity (Wildman–Crippen MR) is 86.6 cm³/mol. The molecule has 0 fully saturated rings. The van der Waals surface area contributed by atoms with Crippen LogP contribution < -0.4 is 10.0 Å². The fourth-order valence-corrected chi connectivity index (χ4v) is 3.77. The summed E-state index contributed by atoms with van der Waals surface area (Å²) in [6.45, 7) is 3.44. The zero-order chi connectivity index (χ0) is 15.3. The molecule has 0 unspecified atom stereocenters. The van der Waals surface area contributed by atoms with E-state index < -0.39 is 10.0 Å². The number of nitrogens with zero attached hydrogens (tertiary/aromatic N) is 1. The van der Waals surface area contributed by atoms with Gasteiger partial charge in [0.1, 0.15) is 10.7 Å². The lowest BCUT2D eigenvalue weighted by Crippen LogP contribution is -2.16. The Morgan fingerprint density at radius 2 is 2.05 bits per heavy atom. The van der Waals surface area contributed by atoms with E-state index in [0.717, 1.165) is 12.1 Å². The number of rotatable bonds is 6. The number of hydrogen-bond acceptors (Lipinski definition) is 4. The van der Waals surface area contributed by atoms with E-state index in [9.17, 15) is 8.42 Å². The molecule has 0 aliphatic carbocycles. The summed E-state index contributed by atoms with van der Waals surface area (Å²) >= 11 is 3.29. The van der Waals surface area contributed by atoms with Crippen molar-refractivity contribution in [2.75, 3.05) is 11.3 Å². The lowest BCUT2D eigenvalue weighted by atomic mass is 10.2. The van der Waals surface area contributed by atoms with Crippen LogP contribution in [0, 0.1) is 0 Å². The Kier molecular flexibility index (Phi) is 5.33. The number of pyridine rings is 1. The van der Waals surface area contributed by atoms with Crippen molar-refractivity contribution in [3.05, 3.63) is 52.6 Å². The second kappa shape index (κ2) is 7.02. The molecule has 1 aromatic heterocycles. The number of hydrogen-bond donors (Lipinski definition) is 2. The zero-order valence-electron chi connectivity index (χ0n) is 11.5. The van der Waals surface area contributed by atoms with Crippen LogP contribution in [0.1, 0.15) is 12.5 Å². The summed E-state index contributed by atoms with van der Waals surface area (Å²) in [6.07, 6.45) is 1.54. The van der Waals surface area contributed by atoms with Gasteiger partial charge in [0.05, 0.1) is 0 Å². The smallest absolute Gasteiger partial charge is 0.264 e. The van der Waals surface area contributed by atoms with Crippen LogP contribution in [0.25, 0.3) is 0 Å². The summed E-state index contributed by atoms with van der Waals surface area (Å²) in [5.41, 5.74) is 0.904. The van der Waals surface area contributed by atoms with E-state index in [1.54, 1.807) is 30.3 Å². The lowest BCUT2D eigenvalue weighted by Gasteiger charge is -2.11. The number of halogens is 1. The van der Waals surface area contributed by atoms with Gasteiger partial charge in [0, 0.05) is 17.2 Å². The Hall–Kier alpha value is -1.44. The second-order valence-electron chi connectivity index (χ2n) is 4.37. The third-order valence-electron chi connectivity index (χ3n) is 2.77. The van der Waals surface area contributed by atoms with Gasteiger partial charge < -0.3 is 5.32 Å². The van der Waals surface area contributed by atoms with Crippen LogP contribution in [0.3, 0.4) is 0 Å². The molecule has 1 heterocycles. The van der Waals surface area contributed by atoms with Gasteiger partial charge in [0.15, 0.2) is 0 Å². The molecular formula is C14H16BrN3O2S. The molecule has 5 nitrogen and oxygen atoms in total. The molecule has 0 radical (unpaired) electrons.